The number of hydrogen-bond acceptors (Lipinski definition) is 5. The zero-order chi connectivity index (χ0) is 16.9. The van der Waals surface area contributed by atoms with Crippen LogP contribution in [-0.2, 0) is 0 Å². The Hall–Kier alpha value is -3.06. The van der Waals surface area contributed by atoms with Gasteiger partial charge in [0.25, 0.3) is 5.69 Å². The fourth-order valence-corrected chi connectivity index (χ4v) is 2.91. The number of fused-ring (bicyclic) bond motifs is 2. The van der Waals surface area contributed by atoms with E-state index in [1.165, 1.54) is 12.1 Å². The maximum Gasteiger partial charge on any atom is 0.344 e. The van der Waals surface area contributed by atoms with Crippen LogP contribution >= 0.6 is 11.6 Å². The van der Waals surface area contributed by atoms with E-state index in [0.29, 0.717) is 0 Å². The van der Waals surface area contributed by atoms with Crippen LogP contribution in [0, 0.1) is 10.1 Å². The molecule has 114 valence electrons. The van der Waals surface area contributed by atoms with Gasteiger partial charge in [-0.25, -0.2) is 4.79 Å². The summed E-state index contributed by atoms with van der Waals surface area (Å²) in [5.74, 6) is -2.90. The van der Waals surface area contributed by atoms with E-state index in [1.807, 2.05) is 0 Å². The van der Waals surface area contributed by atoms with Gasteiger partial charge in [0.05, 0.1) is 15.5 Å². The highest BCUT2D eigenvalue weighted by Crippen LogP contribution is 2.38. The molecule has 0 unspecified atom stereocenters. The van der Waals surface area contributed by atoms with Crippen LogP contribution in [0.25, 0.3) is 0 Å². The molecule has 0 atom stereocenters. The van der Waals surface area contributed by atoms with Crippen LogP contribution in [0.2, 0.25) is 5.02 Å². The lowest BCUT2D eigenvalue weighted by Crippen LogP contribution is -2.23. The number of carbonyl (C=O) groups is 3. The van der Waals surface area contributed by atoms with Crippen molar-refractivity contribution in [1.82, 2.24) is 0 Å². The van der Waals surface area contributed by atoms with Crippen molar-refractivity contribution in [3.8, 4) is 0 Å². The molecule has 7 nitrogen and oxygen atoms in total. The molecule has 2 aromatic carbocycles. The van der Waals surface area contributed by atoms with Gasteiger partial charge in [0.15, 0.2) is 17.1 Å². The summed E-state index contributed by atoms with van der Waals surface area (Å²) in [6.45, 7) is 0. The maximum atomic E-state index is 12.5. The lowest BCUT2D eigenvalue weighted by Gasteiger charge is -2.19. The van der Waals surface area contributed by atoms with Gasteiger partial charge in [0.2, 0.25) is 0 Å². The van der Waals surface area contributed by atoms with Crippen LogP contribution in [0.1, 0.15) is 42.2 Å². The molecule has 1 aliphatic rings. The summed E-state index contributed by atoms with van der Waals surface area (Å²) in [6.07, 6.45) is 0. The molecule has 0 saturated carbocycles. The number of carboxylic acids is 1. The SMILES string of the molecule is O=C1c2ccccc2C(=O)c2c1cc([N+](=O)[O-])c(C(=O)O)c2Cl. The van der Waals surface area contributed by atoms with Crippen molar-refractivity contribution in [2.75, 3.05) is 0 Å². The summed E-state index contributed by atoms with van der Waals surface area (Å²) in [7, 11) is 0. The van der Waals surface area contributed by atoms with Gasteiger partial charge in [-0.05, 0) is 0 Å². The quantitative estimate of drug-likeness (QED) is 0.570. The van der Waals surface area contributed by atoms with Crippen molar-refractivity contribution in [3.63, 3.8) is 0 Å². The first-order valence-corrected chi connectivity index (χ1v) is 6.65. The highest BCUT2D eigenvalue weighted by Gasteiger charge is 2.37. The molecular weight excluding hydrogens is 326 g/mol. The second kappa shape index (κ2) is 4.99. The largest absolute Gasteiger partial charge is 0.477 e. The average Bonchev–Trinajstić information content (AvgIpc) is 2.51. The minimum absolute atomic E-state index is 0.0806. The number of carbonyl (C=O) groups excluding carboxylic acids is 2. The molecule has 0 fully saturated rings. The Bertz CT molecular complexity index is 934. The summed E-state index contributed by atoms with van der Waals surface area (Å²) in [5.41, 5.74) is -2.05. The third-order valence-corrected chi connectivity index (χ3v) is 3.92. The van der Waals surface area contributed by atoms with E-state index in [-0.39, 0.29) is 22.3 Å². The molecule has 0 saturated heterocycles. The van der Waals surface area contributed by atoms with Gasteiger partial charge < -0.3 is 5.11 Å². The molecule has 8 heteroatoms. The lowest BCUT2D eigenvalue weighted by molar-refractivity contribution is -0.385. The highest BCUT2D eigenvalue weighted by atomic mass is 35.5. The lowest BCUT2D eigenvalue weighted by atomic mass is 9.83. The van der Waals surface area contributed by atoms with Gasteiger partial charge >= 0.3 is 5.97 Å². The van der Waals surface area contributed by atoms with E-state index in [1.54, 1.807) is 12.1 Å². The van der Waals surface area contributed by atoms with Crippen LogP contribution in [0.5, 0.6) is 0 Å². The van der Waals surface area contributed by atoms with Crippen molar-refractivity contribution in [1.29, 1.82) is 0 Å². The summed E-state index contributed by atoms with van der Waals surface area (Å²) in [5, 5.41) is 19.6. The normalized spacial score (nSPS) is 12.6. The molecule has 0 spiro atoms. The van der Waals surface area contributed by atoms with Gasteiger partial charge in [-0.1, -0.05) is 35.9 Å². The summed E-state index contributed by atoms with van der Waals surface area (Å²) >= 11 is 5.94. The molecule has 1 aliphatic carbocycles. The molecule has 0 bridgehead atoms. The molecule has 2 aromatic rings. The van der Waals surface area contributed by atoms with E-state index in [2.05, 4.69) is 0 Å². The standard InChI is InChI=1S/C15H6ClNO6/c16-12-10-8(5-9(17(22)23)11(12)15(20)21)13(18)6-3-1-2-4-7(6)14(10)19/h1-5H,(H,20,21). The number of halogens is 1. The number of nitro benzene ring substituents is 1. The first kappa shape index (κ1) is 14.9. The molecule has 0 amide bonds. The fourth-order valence-electron chi connectivity index (χ4n) is 2.54. The minimum atomic E-state index is -1.65. The monoisotopic (exact) mass is 331 g/mol. The average molecular weight is 332 g/mol. The third kappa shape index (κ3) is 2.01. The molecule has 0 aliphatic heterocycles. The number of ketones is 2. The van der Waals surface area contributed by atoms with Gasteiger partial charge in [0.1, 0.15) is 0 Å². The molecule has 1 N–H and O–H groups in total. The van der Waals surface area contributed by atoms with E-state index >= 15 is 0 Å². The van der Waals surface area contributed by atoms with Gasteiger partial charge in [-0.15, -0.1) is 0 Å². The van der Waals surface area contributed by atoms with Crippen molar-refractivity contribution < 1.29 is 24.4 Å². The number of benzene rings is 2. The van der Waals surface area contributed by atoms with Crippen molar-refractivity contribution in [3.05, 3.63) is 73.3 Å². The Morgan fingerprint density at radius 3 is 2.17 bits per heavy atom. The van der Waals surface area contributed by atoms with Crippen LogP contribution in [-0.4, -0.2) is 27.6 Å². The smallest absolute Gasteiger partial charge is 0.344 e. The second-order valence-electron chi connectivity index (χ2n) is 4.77. The van der Waals surface area contributed by atoms with Crippen molar-refractivity contribution in [2.24, 2.45) is 0 Å². The minimum Gasteiger partial charge on any atom is -0.477 e. The zero-order valence-corrected chi connectivity index (χ0v) is 12.0. The molecule has 0 heterocycles. The topological polar surface area (TPSA) is 115 Å². The van der Waals surface area contributed by atoms with Crippen LogP contribution in [0.4, 0.5) is 5.69 Å². The van der Waals surface area contributed by atoms with Crippen LogP contribution < -0.4 is 0 Å². The predicted octanol–water partition coefficient (Wildman–Crippen LogP) is 2.72. The summed E-state index contributed by atoms with van der Waals surface area (Å²) < 4.78 is 0. The van der Waals surface area contributed by atoms with E-state index in [0.717, 1.165) is 6.07 Å². The van der Waals surface area contributed by atoms with Gasteiger partial charge in [-0.3, -0.25) is 19.7 Å². The van der Waals surface area contributed by atoms with Crippen LogP contribution in [0.3, 0.4) is 0 Å². The molecule has 0 radical (unpaired) electrons. The van der Waals surface area contributed by atoms with E-state index in [4.69, 9.17) is 16.7 Å². The van der Waals surface area contributed by atoms with E-state index in [9.17, 15) is 24.5 Å². The summed E-state index contributed by atoms with van der Waals surface area (Å²) in [6, 6.07) is 6.73. The number of nitro groups is 1. The van der Waals surface area contributed by atoms with Crippen molar-refractivity contribution >= 4 is 34.8 Å². The maximum absolute atomic E-state index is 12.5. The number of rotatable bonds is 2. The zero-order valence-electron chi connectivity index (χ0n) is 11.2. The van der Waals surface area contributed by atoms with Gasteiger partial charge in [-0.2, -0.15) is 0 Å². The molecule has 0 aromatic heterocycles. The number of hydrogen-bond donors (Lipinski definition) is 1. The molecular formula is C15H6ClNO6. The fraction of sp³-hybridized carbons (Fsp3) is 0. The second-order valence-corrected chi connectivity index (χ2v) is 5.15. The number of nitrogens with zero attached hydrogens (tertiary/aromatic N) is 1. The predicted molar refractivity (Wildman–Crippen MR) is 78.4 cm³/mol. The Morgan fingerprint density at radius 2 is 1.65 bits per heavy atom. The Balaban J connectivity index is 2.42. The van der Waals surface area contributed by atoms with Crippen LogP contribution in [0.15, 0.2) is 30.3 Å². The highest BCUT2D eigenvalue weighted by molar-refractivity contribution is 6.41. The van der Waals surface area contributed by atoms with Gasteiger partial charge in [0, 0.05) is 22.8 Å². The third-order valence-electron chi connectivity index (χ3n) is 3.54. The Labute approximate surface area is 133 Å². The van der Waals surface area contributed by atoms with E-state index < -0.39 is 38.7 Å². The van der Waals surface area contributed by atoms with Crippen molar-refractivity contribution in [2.45, 2.75) is 0 Å². The molecule has 23 heavy (non-hydrogen) atoms. The summed E-state index contributed by atoms with van der Waals surface area (Å²) in [4.78, 5) is 46.4. The first-order chi connectivity index (χ1) is 10.8. The first-order valence-electron chi connectivity index (χ1n) is 6.27. The Kier molecular flexibility index (Phi) is 3.23. The number of aromatic carboxylic acids is 1. The molecule has 3 rings (SSSR count). The Morgan fingerprint density at radius 1 is 1.09 bits per heavy atom. The number of carboxylic acid groups (broad SMARTS) is 1.